The fourth-order valence-corrected chi connectivity index (χ4v) is 4.58. The molecule has 1 heterocycles. The highest BCUT2D eigenvalue weighted by atomic mass is 79.9. The quantitative estimate of drug-likeness (QED) is 0.847. The first-order valence-corrected chi connectivity index (χ1v) is 8.80. The summed E-state index contributed by atoms with van der Waals surface area (Å²) in [4.78, 5) is 2.37. The van der Waals surface area contributed by atoms with Gasteiger partial charge in [0.15, 0.2) is 0 Å². The number of likely N-dealkylation sites (tertiary alicyclic amines) is 1. The Kier molecular flexibility index (Phi) is 5.19. The van der Waals surface area contributed by atoms with Crippen LogP contribution in [0.4, 0.5) is 0 Å². The molecule has 0 atom stereocenters. The van der Waals surface area contributed by atoms with E-state index in [4.69, 9.17) is 5.11 Å². The van der Waals surface area contributed by atoms with E-state index in [0.29, 0.717) is 10.0 Å². The molecular weight excluding hydrogens is 344 g/mol. The maximum atomic E-state index is 12.4. The van der Waals surface area contributed by atoms with Gasteiger partial charge in [-0.15, -0.1) is 0 Å². The Bertz CT molecular complexity index is 569. The molecule has 1 aromatic rings. The number of rotatable bonds is 4. The minimum Gasteiger partial charge on any atom is -0.392 e. The molecular formula is C13H19BrN2O3S. The van der Waals surface area contributed by atoms with Gasteiger partial charge in [0.25, 0.3) is 0 Å². The number of hydrogen-bond donors (Lipinski definition) is 2. The van der Waals surface area contributed by atoms with E-state index < -0.39 is 10.0 Å². The van der Waals surface area contributed by atoms with E-state index in [1.165, 1.54) is 6.07 Å². The van der Waals surface area contributed by atoms with Crippen LogP contribution in [0.3, 0.4) is 0 Å². The summed E-state index contributed by atoms with van der Waals surface area (Å²) in [7, 11) is -1.53. The Morgan fingerprint density at radius 2 is 2.05 bits per heavy atom. The van der Waals surface area contributed by atoms with E-state index in [2.05, 4.69) is 25.6 Å². The highest BCUT2D eigenvalue weighted by Crippen LogP contribution is 2.24. The molecule has 0 unspecified atom stereocenters. The van der Waals surface area contributed by atoms with Crippen molar-refractivity contribution in [3.63, 3.8) is 0 Å². The van der Waals surface area contributed by atoms with E-state index in [9.17, 15) is 8.42 Å². The van der Waals surface area contributed by atoms with Gasteiger partial charge in [-0.25, -0.2) is 13.1 Å². The van der Waals surface area contributed by atoms with Crippen LogP contribution in [-0.2, 0) is 16.6 Å². The number of halogens is 1. The number of hydrogen-bond acceptors (Lipinski definition) is 4. The number of piperidine rings is 1. The maximum absolute atomic E-state index is 12.4. The van der Waals surface area contributed by atoms with E-state index in [-0.39, 0.29) is 17.5 Å². The second kappa shape index (κ2) is 6.53. The third-order valence-electron chi connectivity index (χ3n) is 3.51. The highest BCUT2D eigenvalue weighted by molar-refractivity contribution is 9.10. The van der Waals surface area contributed by atoms with Gasteiger partial charge >= 0.3 is 0 Å². The lowest BCUT2D eigenvalue weighted by molar-refractivity contribution is 0.248. The molecule has 20 heavy (non-hydrogen) atoms. The molecule has 2 N–H and O–H groups in total. The predicted molar refractivity (Wildman–Crippen MR) is 80.9 cm³/mol. The lowest BCUT2D eigenvalue weighted by Crippen LogP contribution is -2.43. The standard InChI is InChI=1S/C13H19BrN2O3S/c1-16-6-4-11(5-7-16)15-20(18,19)13-8-10(9-17)2-3-12(13)14/h2-3,8,11,15,17H,4-7,9H2,1H3. The fourth-order valence-electron chi connectivity index (χ4n) is 2.26. The fraction of sp³-hybridized carbons (Fsp3) is 0.538. The van der Waals surface area contributed by atoms with Crippen molar-refractivity contribution < 1.29 is 13.5 Å². The van der Waals surface area contributed by atoms with Gasteiger partial charge in [0.05, 0.1) is 11.5 Å². The minimum atomic E-state index is -3.57. The number of benzene rings is 1. The summed E-state index contributed by atoms with van der Waals surface area (Å²) in [6.07, 6.45) is 1.63. The minimum absolute atomic E-state index is 0.0270. The lowest BCUT2D eigenvalue weighted by atomic mass is 10.1. The third kappa shape index (κ3) is 3.79. The van der Waals surface area contributed by atoms with Gasteiger partial charge in [-0.1, -0.05) is 6.07 Å². The topological polar surface area (TPSA) is 69.6 Å². The van der Waals surface area contributed by atoms with Gasteiger partial charge in [-0.05, 0) is 66.6 Å². The number of sulfonamides is 1. The van der Waals surface area contributed by atoms with Crippen LogP contribution in [0.5, 0.6) is 0 Å². The van der Waals surface area contributed by atoms with Crippen LogP contribution in [0.1, 0.15) is 18.4 Å². The third-order valence-corrected chi connectivity index (χ3v) is 6.02. The molecule has 0 spiro atoms. The summed E-state index contributed by atoms with van der Waals surface area (Å²) in [6, 6.07) is 4.82. The van der Waals surface area contributed by atoms with Crippen LogP contribution in [0.25, 0.3) is 0 Å². The van der Waals surface area contributed by atoms with Crippen LogP contribution in [-0.4, -0.2) is 44.6 Å². The Labute approximate surface area is 128 Å². The molecule has 112 valence electrons. The van der Waals surface area contributed by atoms with Gasteiger partial charge in [0.1, 0.15) is 0 Å². The zero-order valence-electron chi connectivity index (χ0n) is 11.3. The van der Waals surface area contributed by atoms with E-state index in [0.717, 1.165) is 25.9 Å². The number of aliphatic hydroxyl groups excluding tert-OH is 1. The largest absolute Gasteiger partial charge is 0.392 e. The maximum Gasteiger partial charge on any atom is 0.241 e. The van der Waals surface area contributed by atoms with Crippen LogP contribution >= 0.6 is 15.9 Å². The molecule has 1 aliphatic heterocycles. The average Bonchev–Trinajstić information content (AvgIpc) is 2.41. The van der Waals surface area contributed by atoms with Gasteiger partial charge in [0.2, 0.25) is 10.0 Å². The van der Waals surface area contributed by atoms with Crippen molar-refractivity contribution in [2.24, 2.45) is 0 Å². The SMILES string of the molecule is CN1CCC(NS(=O)(=O)c2cc(CO)ccc2Br)CC1. The molecule has 7 heteroatoms. The Morgan fingerprint density at radius 1 is 1.40 bits per heavy atom. The average molecular weight is 363 g/mol. The molecule has 0 saturated carbocycles. The molecule has 0 bridgehead atoms. The van der Waals surface area contributed by atoms with Crippen molar-refractivity contribution in [3.05, 3.63) is 28.2 Å². The molecule has 1 aliphatic rings. The molecule has 0 amide bonds. The van der Waals surface area contributed by atoms with Crippen molar-refractivity contribution in [2.75, 3.05) is 20.1 Å². The van der Waals surface area contributed by atoms with Crippen molar-refractivity contribution in [1.82, 2.24) is 9.62 Å². The lowest BCUT2D eigenvalue weighted by Gasteiger charge is -2.29. The van der Waals surface area contributed by atoms with E-state index >= 15 is 0 Å². The summed E-state index contributed by atoms with van der Waals surface area (Å²) < 4.78 is 28.1. The summed E-state index contributed by atoms with van der Waals surface area (Å²) in [5.74, 6) is 0. The van der Waals surface area contributed by atoms with E-state index in [1.807, 2.05) is 7.05 Å². The Morgan fingerprint density at radius 3 is 2.65 bits per heavy atom. The molecule has 5 nitrogen and oxygen atoms in total. The highest BCUT2D eigenvalue weighted by Gasteiger charge is 2.25. The van der Waals surface area contributed by atoms with Crippen LogP contribution in [0.2, 0.25) is 0 Å². The Balaban J connectivity index is 2.18. The van der Waals surface area contributed by atoms with Crippen LogP contribution in [0, 0.1) is 0 Å². The smallest absolute Gasteiger partial charge is 0.241 e. The molecule has 1 aromatic carbocycles. The normalized spacial score (nSPS) is 18.4. The summed E-state index contributed by atoms with van der Waals surface area (Å²) in [6.45, 7) is 1.61. The Hall–Kier alpha value is -0.470. The van der Waals surface area contributed by atoms with Gasteiger partial charge < -0.3 is 10.0 Å². The summed E-state index contributed by atoms with van der Waals surface area (Å²) >= 11 is 3.26. The van der Waals surface area contributed by atoms with Crippen molar-refractivity contribution in [1.29, 1.82) is 0 Å². The number of aliphatic hydroxyl groups is 1. The van der Waals surface area contributed by atoms with Gasteiger partial charge in [-0.2, -0.15) is 0 Å². The van der Waals surface area contributed by atoms with Crippen LogP contribution in [0.15, 0.2) is 27.6 Å². The first kappa shape index (κ1) is 15.9. The number of nitrogens with zero attached hydrogens (tertiary/aromatic N) is 1. The zero-order chi connectivity index (χ0) is 14.8. The van der Waals surface area contributed by atoms with Crippen molar-refractivity contribution in [2.45, 2.75) is 30.4 Å². The first-order valence-electron chi connectivity index (χ1n) is 6.52. The van der Waals surface area contributed by atoms with Crippen molar-refractivity contribution >= 4 is 26.0 Å². The van der Waals surface area contributed by atoms with Gasteiger partial charge in [0, 0.05) is 10.5 Å². The zero-order valence-corrected chi connectivity index (χ0v) is 13.7. The molecule has 0 radical (unpaired) electrons. The van der Waals surface area contributed by atoms with Crippen LogP contribution < -0.4 is 4.72 Å². The monoisotopic (exact) mass is 362 g/mol. The second-order valence-electron chi connectivity index (χ2n) is 5.12. The summed E-state index contributed by atoms with van der Waals surface area (Å²) in [5, 5.41) is 9.13. The van der Waals surface area contributed by atoms with Crippen molar-refractivity contribution in [3.8, 4) is 0 Å². The second-order valence-corrected chi connectivity index (χ2v) is 7.66. The van der Waals surface area contributed by atoms with E-state index in [1.54, 1.807) is 12.1 Å². The number of nitrogens with one attached hydrogen (secondary N) is 1. The molecule has 1 saturated heterocycles. The molecule has 1 fully saturated rings. The first-order chi connectivity index (χ1) is 9.42. The predicted octanol–water partition coefficient (Wildman–Crippen LogP) is 1.31. The summed E-state index contributed by atoms with van der Waals surface area (Å²) in [5.41, 5.74) is 0.581. The molecule has 0 aliphatic carbocycles. The molecule has 2 rings (SSSR count). The van der Waals surface area contributed by atoms with Gasteiger partial charge in [-0.3, -0.25) is 0 Å². The molecule has 0 aromatic heterocycles.